The molecule has 5 nitrogen and oxygen atoms in total. The summed E-state index contributed by atoms with van der Waals surface area (Å²) in [4.78, 5) is 9.85. The second-order valence-electron chi connectivity index (χ2n) is 8.70. The highest BCUT2D eigenvalue weighted by molar-refractivity contribution is 5.23. The van der Waals surface area contributed by atoms with Crippen LogP contribution in [0.25, 0.3) is 0 Å². The van der Waals surface area contributed by atoms with Gasteiger partial charge in [-0.15, -0.1) is 0 Å². The fraction of sp³-hybridized carbons (Fsp3) is 0.500. The number of benzene rings is 1. The summed E-state index contributed by atoms with van der Waals surface area (Å²) in [7, 11) is 0. The number of hydrogen-bond donors (Lipinski definition) is 2. The number of rotatable bonds is 7. The number of nitrogens with one attached hydrogen (secondary N) is 2. The van der Waals surface area contributed by atoms with Crippen LogP contribution in [0, 0.1) is 0 Å². The molecular weight excluding hydrogens is 338 g/mol. The molecule has 0 radical (unpaired) electrons. The third-order valence-corrected chi connectivity index (χ3v) is 4.74. The Balaban J connectivity index is 1.43. The zero-order chi connectivity index (χ0) is 19.3. The second-order valence-corrected chi connectivity index (χ2v) is 8.70. The Labute approximate surface area is 162 Å². The van der Waals surface area contributed by atoms with Gasteiger partial charge in [-0.1, -0.05) is 24.3 Å². The van der Waals surface area contributed by atoms with E-state index in [-0.39, 0.29) is 11.1 Å². The third kappa shape index (κ3) is 6.31. The molecule has 5 heteroatoms. The van der Waals surface area contributed by atoms with E-state index in [2.05, 4.69) is 67.7 Å². The summed E-state index contributed by atoms with van der Waals surface area (Å²) in [5.74, 6) is 0.780. The van der Waals surface area contributed by atoms with Crippen LogP contribution in [0.15, 0.2) is 48.8 Å². The number of piperidine rings is 1. The average molecular weight is 370 g/mol. The Morgan fingerprint density at radius 1 is 1.00 bits per heavy atom. The first-order valence-corrected chi connectivity index (χ1v) is 9.59. The summed E-state index contributed by atoms with van der Waals surface area (Å²) in [6.45, 7) is 10.1. The van der Waals surface area contributed by atoms with Crippen molar-refractivity contribution in [3.63, 3.8) is 0 Å². The minimum atomic E-state index is 0.110. The van der Waals surface area contributed by atoms with Crippen LogP contribution in [0.2, 0.25) is 0 Å². The highest BCUT2D eigenvalue weighted by atomic mass is 16.6. The highest BCUT2D eigenvalue weighted by Gasteiger charge is 2.37. The predicted molar refractivity (Wildman–Crippen MR) is 107 cm³/mol. The van der Waals surface area contributed by atoms with Crippen molar-refractivity contribution in [1.82, 2.24) is 15.8 Å². The second kappa shape index (κ2) is 8.38. The molecule has 146 valence electrons. The molecule has 0 bridgehead atoms. The van der Waals surface area contributed by atoms with E-state index in [1.54, 1.807) is 12.4 Å². The SMILES string of the molecule is CC1(C)CC(NOCc2ccc(COc3cccnc3)cc2)CC(C)(C)N1. The van der Waals surface area contributed by atoms with E-state index in [0.29, 0.717) is 19.3 Å². The first kappa shape index (κ1) is 19.8. The van der Waals surface area contributed by atoms with Gasteiger partial charge in [0, 0.05) is 23.3 Å². The lowest BCUT2D eigenvalue weighted by atomic mass is 9.80. The van der Waals surface area contributed by atoms with Crippen molar-refractivity contribution in [3.8, 4) is 5.75 Å². The molecule has 2 aromatic rings. The first-order chi connectivity index (χ1) is 12.8. The number of pyridine rings is 1. The van der Waals surface area contributed by atoms with Crippen molar-refractivity contribution < 1.29 is 9.57 Å². The molecule has 2 N–H and O–H groups in total. The maximum atomic E-state index is 5.80. The van der Waals surface area contributed by atoms with Gasteiger partial charge in [0.2, 0.25) is 0 Å². The van der Waals surface area contributed by atoms with Crippen LogP contribution in [-0.2, 0) is 18.1 Å². The molecule has 1 fully saturated rings. The van der Waals surface area contributed by atoms with Crippen molar-refractivity contribution in [3.05, 3.63) is 59.9 Å². The molecule has 0 unspecified atom stereocenters. The first-order valence-electron chi connectivity index (χ1n) is 9.59. The van der Waals surface area contributed by atoms with Gasteiger partial charge in [-0.3, -0.25) is 9.82 Å². The summed E-state index contributed by atoms with van der Waals surface area (Å²) in [5, 5.41) is 3.69. The lowest BCUT2D eigenvalue weighted by Crippen LogP contribution is -2.61. The molecule has 0 amide bonds. The Morgan fingerprint density at radius 3 is 2.22 bits per heavy atom. The molecule has 0 atom stereocenters. The molecule has 1 aromatic heterocycles. The van der Waals surface area contributed by atoms with Gasteiger partial charge in [0.05, 0.1) is 12.8 Å². The van der Waals surface area contributed by atoms with Crippen molar-refractivity contribution >= 4 is 0 Å². The van der Waals surface area contributed by atoms with Gasteiger partial charge in [0.25, 0.3) is 0 Å². The number of ether oxygens (including phenoxy) is 1. The maximum absolute atomic E-state index is 5.80. The molecule has 0 saturated carbocycles. The predicted octanol–water partition coefficient (Wildman–Crippen LogP) is 3.99. The van der Waals surface area contributed by atoms with Crippen LogP contribution in [0.3, 0.4) is 0 Å². The minimum Gasteiger partial charge on any atom is -0.487 e. The van der Waals surface area contributed by atoms with Crippen LogP contribution in [-0.4, -0.2) is 22.1 Å². The minimum absolute atomic E-state index is 0.110. The number of hydroxylamine groups is 1. The lowest BCUT2D eigenvalue weighted by Gasteiger charge is -2.46. The molecule has 27 heavy (non-hydrogen) atoms. The van der Waals surface area contributed by atoms with Gasteiger partial charge < -0.3 is 10.1 Å². The summed E-state index contributed by atoms with van der Waals surface area (Å²) < 4.78 is 5.72. The van der Waals surface area contributed by atoms with Gasteiger partial charge in [-0.2, -0.15) is 5.48 Å². The summed E-state index contributed by atoms with van der Waals surface area (Å²) in [6.07, 6.45) is 5.54. The van der Waals surface area contributed by atoms with Crippen molar-refractivity contribution in [2.75, 3.05) is 0 Å². The van der Waals surface area contributed by atoms with E-state index in [9.17, 15) is 0 Å². The Kier molecular flexibility index (Phi) is 6.15. The molecule has 1 aliphatic heterocycles. The topological polar surface area (TPSA) is 55.4 Å². The molecular formula is C22H31N3O2. The molecule has 1 aromatic carbocycles. The quantitative estimate of drug-likeness (QED) is 0.723. The van der Waals surface area contributed by atoms with Crippen LogP contribution in [0.5, 0.6) is 5.75 Å². The zero-order valence-electron chi connectivity index (χ0n) is 16.8. The molecule has 2 heterocycles. The van der Waals surface area contributed by atoms with E-state index in [4.69, 9.17) is 9.57 Å². The molecule has 0 spiro atoms. The summed E-state index contributed by atoms with van der Waals surface area (Å²) >= 11 is 0. The van der Waals surface area contributed by atoms with E-state index >= 15 is 0 Å². The molecule has 0 aliphatic carbocycles. The maximum Gasteiger partial charge on any atom is 0.138 e. The van der Waals surface area contributed by atoms with Crippen LogP contribution in [0.1, 0.15) is 51.7 Å². The smallest absolute Gasteiger partial charge is 0.138 e. The zero-order valence-corrected chi connectivity index (χ0v) is 16.8. The van der Waals surface area contributed by atoms with Crippen molar-refractivity contribution in [2.45, 2.75) is 70.9 Å². The van der Waals surface area contributed by atoms with Crippen LogP contribution < -0.4 is 15.5 Å². The fourth-order valence-electron chi connectivity index (χ4n) is 3.98. The van der Waals surface area contributed by atoms with E-state index in [1.807, 2.05) is 12.1 Å². The fourth-order valence-corrected chi connectivity index (χ4v) is 3.98. The van der Waals surface area contributed by atoms with Gasteiger partial charge in [0.1, 0.15) is 12.4 Å². The van der Waals surface area contributed by atoms with Gasteiger partial charge >= 0.3 is 0 Å². The van der Waals surface area contributed by atoms with Gasteiger partial charge in [0.15, 0.2) is 0 Å². The van der Waals surface area contributed by atoms with E-state index in [0.717, 1.165) is 29.7 Å². The van der Waals surface area contributed by atoms with Crippen molar-refractivity contribution in [2.24, 2.45) is 0 Å². The number of nitrogens with zero attached hydrogens (tertiary/aromatic N) is 1. The third-order valence-electron chi connectivity index (χ3n) is 4.74. The van der Waals surface area contributed by atoms with Gasteiger partial charge in [-0.25, -0.2) is 0 Å². The molecule has 3 rings (SSSR count). The average Bonchev–Trinajstić information content (AvgIpc) is 2.59. The van der Waals surface area contributed by atoms with Crippen molar-refractivity contribution in [1.29, 1.82) is 0 Å². The largest absolute Gasteiger partial charge is 0.487 e. The Morgan fingerprint density at radius 2 is 1.63 bits per heavy atom. The lowest BCUT2D eigenvalue weighted by molar-refractivity contribution is -0.0246. The standard InChI is InChI=1S/C22H31N3O2/c1-21(2)12-19(13-22(3,4)25-21)24-27-16-18-9-7-17(8-10-18)15-26-20-6-5-11-23-14-20/h5-11,14,19,24-25H,12-13,15-16H2,1-4H3. The van der Waals surface area contributed by atoms with Gasteiger partial charge in [-0.05, 0) is 63.8 Å². The van der Waals surface area contributed by atoms with Crippen LogP contribution >= 0.6 is 0 Å². The monoisotopic (exact) mass is 369 g/mol. The summed E-state index contributed by atoms with van der Waals surface area (Å²) in [6, 6.07) is 12.4. The number of hydrogen-bond acceptors (Lipinski definition) is 5. The molecule has 1 saturated heterocycles. The van der Waals surface area contributed by atoms with E-state index < -0.39 is 0 Å². The van der Waals surface area contributed by atoms with E-state index in [1.165, 1.54) is 0 Å². The Hall–Kier alpha value is -1.95. The highest BCUT2D eigenvalue weighted by Crippen LogP contribution is 2.28. The van der Waals surface area contributed by atoms with Crippen LogP contribution in [0.4, 0.5) is 0 Å². The summed E-state index contributed by atoms with van der Waals surface area (Å²) in [5.41, 5.74) is 5.75. The number of aromatic nitrogens is 1. The molecule has 1 aliphatic rings. The Bertz CT molecular complexity index is 698. The normalized spacial score (nSPS) is 19.0.